The van der Waals surface area contributed by atoms with Gasteiger partial charge in [-0.15, -0.1) is 0 Å². The van der Waals surface area contributed by atoms with Crippen molar-refractivity contribution in [1.29, 1.82) is 0 Å². The van der Waals surface area contributed by atoms with Crippen molar-refractivity contribution >= 4 is 34.4 Å². The maximum absolute atomic E-state index is 13.4. The first-order valence-corrected chi connectivity index (χ1v) is 9.77. The molecule has 1 aromatic heterocycles. The van der Waals surface area contributed by atoms with Crippen LogP contribution in [0.25, 0.3) is 10.9 Å². The molecule has 0 saturated heterocycles. The van der Waals surface area contributed by atoms with E-state index >= 15 is 0 Å². The number of benzene rings is 2. The number of carboxylic acid groups (broad SMARTS) is 1. The quantitative estimate of drug-likeness (QED) is 0.605. The zero-order chi connectivity index (χ0) is 21.5. The summed E-state index contributed by atoms with van der Waals surface area (Å²) in [6.45, 7) is 7.45. The normalized spacial score (nSPS) is 12.4. The molecule has 2 aromatic carbocycles. The lowest BCUT2D eigenvalue weighted by Crippen LogP contribution is -2.19. The minimum atomic E-state index is -0.932. The molecule has 1 N–H and O–H groups in total. The van der Waals surface area contributed by atoms with E-state index in [9.17, 15) is 14.7 Å². The Morgan fingerprint density at radius 2 is 1.72 bits per heavy atom. The van der Waals surface area contributed by atoms with Crippen LogP contribution in [0.2, 0.25) is 5.02 Å². The van der Waals surface area contributed by atoms with E-state index in [4.69, 9.17) is 16.3 Å². The molecule has 0 aliphatic rings. The number of carbonyl (C=O) groups excluding carboxylic acids is 1. The van der Waals surface area contributed by atoms with E-state index in [1.54, 1.807) is 35.8 Å². The van der Waals surface area contributed by atoms with Crippen LogP contribution < -0.4 is 4.74 Å². The van der Waals surface area contributed by atoms with Crippen LogP contribution in [0.3, 0.4) is 0 Å². The van der Waals surface area contributed by atoms with Crippen LogP contribution in [0.5, 0.6) is 5.75 Å². The highest BCUT2D eigenvalue weighted by atomic mass is 35.5. The van der Waals surface area contributed by atoms with E-state index in [2.05, 4.69) is 0 Å². The Morgan fingerprint density at radius 3 is 2.24 bits per heavy atom. The van der Waals surface area contributed by atoms with E-state index in [1.807, 2.05) is 32.9 Å². The Balaban J connectivity index is 2.37. The largest absolute Gasteiger partial charge is 0.495 e. The molecule has 1 unspecified atom stereocenters. The van der Waals surface area contributed by atoms with Crippen molar-refractivity contribution in [3.63, 3.8) is 0 Å². The molecule has 0 spiro atoms. The van der Waals surface area contributed by atoms with Gasteiger partial charge in [0.15, 0.2) is 0 Å². The van der Waals surface area contributed by atoms with Gasteiger partial charge in [0.05, 0.1) is 23.6 Å². The van der Waals surface area contributed by atoms with Gasteiger partial charge in [-0.1, -0.05) is 43.1 Å². The first kappa shape index (κ1) is 20.9. The predicted octanol–water partition coefficient (Wildman–Crippen LogP) is 5.43. The van der Waals surface area contributed by atoms with Gasteiger partial charge in [-0.05, 0) is 49.6 Å². The van der Waals surface area contributed by atoms with Crippen LogP contribution in [0.15, 0.2) is 36.4 Å². The van der Waals surface area contributed by atoms with Gasteiger partial charge >= 0.3 is 5.97 Å². The van der Waals surface area contributed by atoms with E-state index in [-0.39, 0.29) is 11.8 Å². The minimum absolute atomic E-state index is 0.165. The van der Waals surface area contributed by atoms with Gasteiger partial charge in [0.25, 0.3) is 5.91 Å². The summed E-state index contributed by atoms with van der Waals surface area (Å²) in [6, 6.07) is 10.7. The van der Waals surface area contributed by atoms with Crippen molar-refractivity contribution in [1.82, 2.24) is 4.57 Å². The number of nitrogens with zero attached hydrogens (tertiary/aromatic N) is 1. The Morgan fingerprint density at radius 1 is 1.10 bits per heavy atom. The van der Waals surface area contributed by atoms with Crippen LogP contribution in [-0.4, -0.2) is 28.7 Å². The van der Waals surface area contributed by atoms with Crippen LogP contribution in [0, 0.1) is 19.8 Å². The fraction of sp³-hybridized carbons (Fsp3) is 0.304. The molecule has 3 rings (SSSR count). The summed E-state index contributed by atoms with van der Waals surface area (Å²) >= 11 is 6.35. The number of halogens is 1. The molecule has 6 heteroatoms. The Kier molecular flexibility index (Phi) is 5.71. The summed E-state index contributed by atoms with van der Waals surface area (Å²) in [5.41, 5.74) is 3.34. The number of rotatable bonds is 5. The minimum Gasteiger partial charge on any atom is -0.495 e. The summed E-state index contributed by atoms with van der Waals surface area (Å²) in [5.74, 6) is -1.66. The second-order valence-electron chi connectivity index (χ2n) is 7.57. The zero-order valence-electron chi connectivity index (χ0n) is 17.1. The predicted molar refractivity (Wildman–Crippen MR) is 114 cm³/mol. The molecule has 0 radical (unpaired) electrons. The third-order valence-electron chi connectivity index (χ3n) is 5.27. The molecule has 152 valence electrons. The van der Waals surface area contributed by atoms with Crippen molar-refractivity contribution in [2.24, 2.45) is 5.92 Å². The summed E-state index contributed by atoms with van der Waals surface area (Å²) in [5, 5.41) is 10.9. The van der Waals surface area contributed by atoms with Crippen LogP contribution in [0.1, 0.15) is 46.9 Å². The summed E-state index contributed by atoms with van der Waals surface area (Å²) in [4.78, 5) is 25.5. The molecule has 0 saturated carbocycles. The molecule has 0 bridgehead atoms. The first-order chi connectivity index (χ1) is 13.7. The standard InChI is InChI=1S/C23H24ClNO4/c1-12(2)20(23(27)28)21-14(4)25(22(26)15-8-6-13(3)7-9-15)18-11-17(24)19(29-5)10-16(18)21/h6-12,20H,1-5H3,(H,27,28). The fourth-order valence-corrected chi connectivity index (χ4v) is 4.05. The van der Waals surface area contributed by atoms with Crippen molar-refractivity contribution in [2.75, 3.05) is 7.11 Å². The lowest BCUT2D eigenvalue weighted by Gasteiger charge is -2.17. The van der Waals surface area contributed by atoms with Crippen molar-refractivity contribution in [3.05, 3.63) is 63.8 Å². The molecule has 5 nitrogen and oxygen atoms in total. The highest BCUT2D eigenvalue weighted by molar-refractivity contribution is 6.33. The molecule has 0 aliphatic heterocycles. The molecule has 29 heavy (non-hydrogen) atoms. The Hall–Kier alpha value is -2.79. The maximum Gasteiger partial charge on any atom is 0.311 e. The number of ether oxygens (including phenoxy) is 1. The SMILES string of the molecule is COc1cc2c(C(C(=O)O)C(C)C)c(C)n(C(=O)c3ccc(C)cc3)c2cc1Cl. The monoisotopic (exact) mass is 413 g/mol. The number of fused-ring (bicyclic) bond motifs is 1. The van der Waals surface area contributed by atoms with E-state index in [0.29, 0.717) is 38.5 Å². The number of hydrogen-bond acceptors (Lipinski definition) is 3. The van der Waals surface area contributed by atoms with Gasteiger partial charge in [0, 0.05) is 16.6 Å². The third-order valence-corrected chi connectivity index (χ3v) is 5.57. The molecular weight excluding hydrogens is 390 g/mol. The first-order valence-electron chi connectivity index (χ1n) is 9.40. The summed E-state index contributed by atoms with van der Waals surface area (Å²) < 4.78 is 6.90. The van der Waals surface area contributed by atoms with Crippen LogP contribution in [0.4, 0.5) is 0 Å². The third kappa shape index (κ3) is 3.62. The Labute approximate surface area is 174 Å². The molecule has 0 fully saturated rings. The van der Waals surface area contributed by atoms with E-state index in [1.165, 1.54) is 7.11 Å². The van der Waals surface area contributed by atoms with Gasteiger partial charge in [-0.3, -0.25) is 14.2 Å². The molecular formula is C23H24ClNO4. The van der Waals surface area contributed by atoms with Crippen LogP contribution >= 0.6 is 11.6 Å². The number of aromatic nitrogens is 1. The molecule has 1 atom stereocenters. The van der Waals surface area contributed by atoms with Gasteiger partial charge in [0.1, 0.15) is 5.75 Å². The van der Waals surface area contributed by atoms with Crippen molar-refractivity contribution in [2.45, 2.75) is 33.6 Å². The summed E-state index contributed by atoms with van der Waals surface area (Å²) in [7, 11) is 1.51. The smallest absolute Gasteiger partial charge is 0.311 e. The number of methoxy groups -OCH3 is 1. The van der Waals surface area contributed by atoms with Gasteiger partial charge < -0.3 is 9.84 Å². The van der Waals surface area contributed by atoms with Gasteiger partial charge in [0.2, 0.25) is 0 Å². The van der Waals surface area contributed by atoms with E-state index in [0.717, 1.165) is 5.56 Å². The Bertz CT molecular complexity index is 1100. The second-order valence-corrected chi connectivity index (χ2v) is 7.98. The topological polar surface area (TPSA) is 68.5 Å². The molecule has 3 aromatic rings. The number of carbonyl (C=O) groups is 2. The number of hydrogen-bond donors (Lipinski definition) is 1. The van der Waals surface area contributed by atoms with Crippen molar-refractivity contribution < 1.29 is 19.4 Å². The van der Waals surface area contributed by atoms with Crippen LogP contribution in [-0.2, 0) is 4.79 Å². The average molecular weight is 414 g/mol. The fourth-order valence-electron chi connectivity index (χ4n) is 3.82. The molecule has 1 heterocycles. The van der Waals surface area contributed by atoms with Gasteiger partial charge in [-0.25, -0.2) is 0 Å². The zero-order valence-corrected chi connectivity index (χ0v) is 17.9. The van der Waals surface area contributed by atoms with E-state index < -0.39 is 11.9 Å². The van der Waals surface area contributed by atoms with Crippen molar-refractivity contribution in [3.8, 4) is 5.75 Å². The van der Waals surface area contributed by atoms with Gasteiger partial charge in [-0.2, -0.15) is 0 Å². The average Bonchev–Trinajstić information content (AvgIpc) is 2.92. The molecule has 0 amide bonds. The maximum atomic E-state index is 13.4. The lowest BCUT2D eigenvalue weighted by atomic mass is 9.86. The number of aliphatic carboxylic acids is 1. The highest BCUT2D eigenvalue weighted by Gasteiger charge is 2.32. The highest BCUT2D eigenvalue weighted by Crippen LogP contribution is 2.40. The molecule has 0 aliphatic carbocycles. The second kappa shape index (κ2) is 7.91. The number of aryl methyl sites for hydroxylation is 1. The lowest BCUT2D eigenvalue weighted by molar-refractivity contribution is -0.139. The number of carboxylic acids is 1. The summed E-state index contributed by atoms with van der Waals surface area (Å²) in [6.07, 6.45) is 0.